The highest BCUT2D eigenvalue weighted by Crippen LogP contribution is 2.19. The van der Waals surface area contributed by atoms with Gasteiger partial charge in [0.05, 0.1) is 5.69 Å². The fourth-order valence-electron chi connectivity index (χ4n) is 1.28. The second-order valence-electron chi connectivity index (χ2n) is 4.49. The van der Waals surface area contributed by atoms with Crippen molar-refractivity contribution in [3.8, 4) is 11.4 Å². The lowest BCUT2D eigenvalue weighted by atomic mass is 10.2. The topological polar surface area (TPSA) is 96.6 Å². The molecule has 0 aromatic carbocycles. The minimum Gasteiger partial charge on any atom is -0.455 e. The summed E-state index contributed by atoms with van der Waals surface area (Å²) in [5, 5.41) is 16.6. The maximum absolute atomic E-state index is 11.9. The van der Waals surface area contributed by atoms with Crippen LogP contribution in [0.25, 0.3) is 11.4 Å². The molecule has 90 valence electrons. The SMILES string of the molecule is CC(C)(C)OC(=O)c1n[nH]nc1-c1ccn[nH]1. The third-order valence-corrected chi connectivity index (χ3v) is 1.90. The van der Waals surface area contributed by atoms with Crippen LogP contribution >= 0.6 is 0 Å². The number of carbonyl (C=O) groups is 1. The number of carbonyl (C=O) groups excluding carboxylic acids is 1. The summed E-state index contributed by atoms with van der Waals surface area (Å²) in [5.74, 6) is -0.518. The number of H-pyrrole nitrogens is 2. The van der Waals surface area contributed by atoms with Crippen LogP contribution in [0.2, 0.25) is 0 Å². The molecule has 0 spiro atoms. The van der Waals surface area contributed by atoms with E-state index in [9.17, 15) is 4.79 Å². The Kier molecular flexibility index (Phi) is 2.66. The van der Waals surface area contributed by atoms with E-state index < -0.39 is 11.6 Å². The lowest BCUT2D eigenvalue weighted by molar-refractivity contribution is 0.00637. The molecule has 0 unspecified atom stereocenters. The van der Waals surface area contributed by atoms with Crippen molar-refractivity contribution in [2.24, 2.45) is 0 Å². The molecule has 0 saturated carbocycles. The van der Waals surface area contributed by atoms with Crippen LogP contribution in [0.15, 0.2) is 12.3 Å². The van der Waals surface area contributed by atoms with Gasteiger partial charge in [0.2, 0.25) is 0 Å². The van der Waals surface area contributed by atoms with Gasteiger partial charge in [-0.15, -0.1) is 5.10 Å². The standard InChI is InChI=1S/C10H13N5O2/c1-10(2,3)17-9(16)8-7(13-15-14-8)6-4-5-11-12-6/h4-5H,1-3H3,(H,11,12)(H,13,14,15). The van der Waals surface area contributed by atoms with Crippen molar-refractivity contribution in [3.63, 3.8) is 0 Å². The molecule has 7 heteroatoms. The molecule has 0 bridgehead atoms. The maximum atomic E-state index is 11.9. The van der Waals surface area contributed by atoms with Crippen molar-refractivity contribution in [2.75, 3.05) is 0 Å². The third kappa shape index (κ3) is 2.49. The van der Waals surface area contributed by atoms with Crippen molar-refractivity contribution >= 4 is 5.97 Å². The van der Waals surface area contributed by atoms with Crippen LogP contribution in [-0.4, -0.2) is 37.2 Å². The molecule has 2 rings (SSSR count). The van der Waals surface area contributed by atoms with Gasteiger partial charge in [-0.25, -0.2) is 4.79 Å². The molecule has 17 heavy (non-hydrogen) atoms. The summed E-state index contributed by atoms with van der Waals surface area (Å²) in [4.78, 5) is 11.9. The zero-order valence-electron chi connectivity index (χ0n) is 9.81. The molecule has 0 radical (unpaired) electrons. The Bertz CT molecular complexity index is 509. The predicted molar refractivity (Wildman–Crippen MR) is 59.1 cm³/mol. The highest BCUT2D eigenvalue weighted by Gasteiger charge is 2.24. The molecule has 0 amide bonds. The van der Waals surface area contributed by atoms with Crippen molar-refractivity contribution in [3.05, 3.63) is 18.0 Å². The van der Waals surface area contributed by atoms with Crippen molar-refractivity contribution in [2.45, 2.75) is 26.4 Å². The lowest BCUT2D eigenvalue weighted by Crippen LogP contribution is -2.24. The zero-order chi connectivity index (χ0) is 12.5. The van der Waals surface area contributed by atoms with Crippen LogP contribution in [0.3, 0.4) is 0 Å². The van der Waals surface area contributed by atoms with Gasteiger partial charge >= 0.3 is 5.97 Å². The molecule has 2 aromatic heterocycles. The molecule has 0 aliphatic carbocycles. The molecule has 0 fully saturated rings. The first-order valence-electron chi connectivity index (χ1n) is 5.11. The second-order valence-corrected chi connectivity index (χ2v) is 4.49. The van der Waals surface area contributed by atoms with Crippen molar-refractivity contribution < 1.29 is 9.53 Å². The van der Waals surface area contributed by atoms with Gasteiger partial charge in [-0.3, -0.25) is 5.10 Å². The number of aromatic amines is 2. The molecule has 0 aliphatic rings. The van der Waals surface area contributed by atoms with Gasteiger partial charge in [0.1, 0.15) is 11.3 Å². The molecular weight excluding hydrogens is 222 g/mol. The van der Waals surface area contributed by atoms with Crippen LogP contribution in [0.1, 0.15) is 31.3 Å². The molecule has 0 aliphatic heterocycles. The molecule has 2 aromatic rings. The summed E-state index contributed by atoms with van der Waals surface area (Å²) in [6.45, 7) is 5.38. The van der Waals surface area contributed by atoms with E-state index in [1.807, 2.05) is 0 Å². The molecule has 2 N–H and O–H groups in total. The molecule has 0 saturated heterocycles. The Labute approximate surface area is 97.6 Å². The van der Waals surface area contributed by atoms with Gasteiger partial charge in [-0.1, -0.05) is 0 Å². The number of nitrogens with zero attached hydrogens (tertiary/aromatic N) is 3. The van der Waals surface area contributed by atoms with Crippen LogP contribution in [0, 0.1) is 0 Å². The summed E-state index contributed by atoms with van der Waals surface area (Å²) in [6, 6.07) is 1.70. The first-order chi connectivity index (χ1) is 7.97. The summed E-state index contributed by atoms with van der Waals surface area (Å²) in [5.41, 5.74) is 0.585. The monoisotopic (exact) mass is 235 g/mol. The van der Waals surface area contributed by atoms with E-state index >= 15 is 0 Å². The van der Waals surface area contributed by atoms with Gasteiger partial charge in [0.25, 0.3) is 0 Å². The van der Waals surface area contributed by atoms with Crippen LogP contribution in [-0.2, 0) is 4.74 Å². The first-order valence-corrected chi connectivity index (χ1v) is 5.11. The molecule has 2 heterocycles. The molecule has 7 nitrogen and oxygen atoms in total. The largest absolute Gasteiger partial charge is 0.455 e. The predicted octanol–water partition coefficient (Wildman–Crippen LogP) is 1.15. The first kappa shape index (κ1) is 11.3. The quantitative estimate of drug-likeness (QED) is 0.761. The van der Waals surface area contributed by atoms with Crippen molar-refractivity contribution in [1.82, 2.24) is 25.6 Å². The van der Waals surface area contributed by atoms with Gasteiger partial charge in [-0.05, 0) is 26.8 Å². The average molecular weight is 235 g/mol. The summed E-state index contributed by atoms with van der Waals surface area (Å²) >= 11 is 0. The number of ether oxygens (including phenoxy) is 1. The van der Waals surface area contributed by atoms with E-state index in [1.54, 1.807) is 33.0 Å². The van der Waals surface area contributed by atoms with Gasteiger partial charge in [0.15, 0.2) is 5.69 Å². The zero-order valence-corrected chi connectivity index (χ0v) is 9.81. The lowest BCUT2D eigenvalue weighted by Gasteiger charge is -2.18. The van der Waals surface area contributed by atoms with E-state index in [0.717, 1.165) is 0 Å². The van der Waals surface area contributed by atoms with E-state index in [1.165, 1.54) is 0 Å². The van der Waals surface area contributed by atoms with E-state index in [-0.39, 0.29) is 5.69 Å². The van der Waals surface area contributed by atoms with Gasteiger partial charge in [0, 0.05) is 6.20 Å². The highest BCUT2D eigenvalue weighted by atomic mass is 16.6. The number of aromatic nitrogens is 5. The second kappa shape index (κ2) is 4.00. The van der Waals surface area contributed by atoms with Crippen LogP contribution in [0.5, 0.6) is 0 Å². The number of nitrogens with one attached hydrogen (secondary N) is 2. The Balaban J connectivity index is 2.29. The summed E-state index contributed by atoms with van der Waals surface area (Å²) in [6.07, 6.45) is 1.57. The smallest absolute Gasteiger partial charge is 0.361 e. The van der Waals surface area contributed by atoms with Crippen LogP contribution < -0.4 is 0 Å². The van der Waals surface area contributed by atoms with Gasteiger partial charge < -0.3 is 4.74 Å². The van der Waals surface area contributed by atoms with Crippen molar-refractivity contribution in [1.29, 1.82) is 0 Å². The van der Waals surface area contributed by atoms with E-state index in [4.69, 9.17) is 4.74 Å². The Morgan fingerprint density at radius 3 is 2.71 bits per heavy atom. The number of esters is 1. The Morgan fingerprint density at radius 1 is 1.35 bits per heavy atom. The molecular formula is C10H13N5O2. The van der Waals surface area contributed by atoms with Gasteiger partial charge in [-0.2, -0.15) is 15.4 Å². The number of hydrogen-bond donors (Lipinski definition) is 2. The minimum absolute atomic E-state index is 0.143. The summed E-state index contributed by atoms with van der Waals surface area (Å²) < 4.78 is 5.23. The highest BCUT2D eigenvalue weighted by molar-refractivity contribution is 5.93. The normalized spacial score (nSPS) is 11.5. The molecule has 0 atom stereocenters. The number of rotatable bonds is 2. The van der Waals surface area contributed by atoms with E-state index in [0.29, 0.717) is 11.4 Å². The third-order valence-electron chi connectivity index (χ3n) is 1.90. The minimum atomic E-state index is -0.568. The fourth-order valence-corrected chi connectivity index (χ4v) is 1.28. The summed E-state index contributed by atoms with van der Waals surface area (Å²) in [7, 11) is 0. The Hall–Kier alpha value is -2.18. The average Bonchev–Trinajstić information content (AvgIpc) is 2.85. The maximum Gasteiger partial charge on any atom is 0.361 e. The Morgan fingerprint density at radius 2 is 2.12 bits per heavy atom. The fraction of sp³-hybridized carbons (Fsp3) is 0.400. The van der Waals surface area contributed by atoms with E-state index in [2.05, 4.69) is 25.6 Å². The van der Waals surface area contributed by atoms with Crippen LogP contribution in [0.4, 0.5) is 0 Å². The number of hydrogen-bond acceptors (Lipinski definition) is 5.